The molecule has 3 heterocycles. The van der Waals surface area contributed by atoms with Crippen LogP contribution in [0.5, 0.6) is 0 Å². The first kappa shape index (κ1) is 9.84. The van der Waals surface area contributed by atoms with Gasteiger partial charge in [0.1, 0.15) is 5.82 Å². The van der Waals surface area contributed by atoms with Crippen LogP contribution in [0.4, 0.5) is 11.8 Å². The molecule has 3 rings (SSSR count). The summed E-state index contributed by atoms with van der Waals surface area (Å²) in [6.07, 6.45) is 3.32. The number of nitrogens with two attached hydrogens (primary N) is 1. The molecule has 1 aromatic rings. The van der Waals surface area contributed by atoms with Crippen molar-refractivity contribution in [2.75, 3.05) is 30.3 Å². The van der Waals surface area contributed by atoms with Crippen LogP contribution >= 0.6 is 0 Å². The smallest absolute Gasteiger partial charge is 0.222 e. The number of hydrogen-bond acceptors (Lipinski definition) is 5. The van der Waals surface area contributed by atoms with E-state index in [1.807, 2.05) is 0 Å². The van der Waals surface area contributed by atoms with Crippen molar-refractivity contribution < 1.29 is 4.74 Å². The molecule has 0 amide bonds. The molecule has 2 N–H and O–H groups in total. The molecule has 2 aliphatic rings. The lowest BCUT2D eigenvalue weighted by molar-refractivity contribution is 0.109. The van der Waals surface area contributed by atoms with Gasteiger partial charge in [0.2, 0.25) is 5.95 Å². The molecule has 0 radical (unpaired) electrons. The largest absolute Gasteiger partial charge is 0.376 e. The van der Waals surface area contributed by atoms with E-state index in [1.54, 1.807) is 0 Å². The van der Waals surface area contributed by atoms with Gasteiger partial charge in [-0.2, -0.15) is 4.98 Å². The molecule has 5 heteroatoms. The Kier molecular flexibility index (Phi) is 2.40. The van der Waals surface area contributed by atoms with Gasteiger partial charge in [-0.15, -0.1) is 0 Å². The van der Waals surface area contributed by atoms with Gasteiger partial charge in [-0.1, -0.05) is 0 Å². The van der Waals surface area contributed by atoms with Gasteiger partial charge < -0.3 is 15.4 Å². The third-order valence-electron chi connectivity index (χ3n) is 3.22. The number of ether oxygens (including phenoxy) is 1. The van der Waals surface area contributed by atoms with Gasteiger partial charge in [-0.25, -0.2) is 4.98 Å². The van der Waals surface area contributed by atoms with Crippen LogP contribution in [0.3, 0.4) is 0 Å². The summed E-state index contributed by atoms with van der Waals surface area (Å²) in [6, 6.07) is 0. The zero-order valence-electron chi connectivity index (χ0n) is 9.28. The lowest BCUT2D eigenvalue weighted by Crippen LogP contribution is -2.25. The van der Waals surface area contributed by atoms with Crippen molar-refractivity contribution in [1.29, 1.82) is 0 Å². The highest BCUT2D eigenvalue weighted by Gasteiger charge is 2.23. The van der Waals surface area contributed by atoms with E-state index in [4.69, 9.17) is 10.5 Å². The molecular formula is C11H16N4O. The number of fused-ring (bicyclic) bond motifs is 1. The maximum Gasteiger partial charge on any atom is 0.222 e. The van der Waals surface area contributed by atoms with Gasteiger partial charge in [0.25, 0.3) is 0 Å². The SMILES string of the molecule is Nc1nc2c(c(N3CCCC3)n1)COCC2. The van der Waals surface area contributed by atoms with Crippen LogP contribution in [0.2, 0.25) is 0 Å². The predicted octanol–water partition coefficient (Wildman–Crippen LogP) is 0.732. The quantitative estimate of drug-likeness (QED) is 0.756. The molecule has 5 nitrogen and oxygen atoms in total. The number of nitrogen functional groups attached to an aromatic ring is 1. The van der Waals surface area contributed by atoms with Crippen molar-refractivity contribution >= 4 is 11.8 Å². The first-order chi connectivity index (χ1) is 7.84. The Morgan fingerprint density at radius 1 is 1.19 bits per heavy atom. The molecule has 0 spiro atoms. The van der Waals surface area contributed by atoms with E-state index in [0.29, 0.717) is 12.6 Å². The minimum atomic E-state index is 0.391. The minimum Gasteiger partial charge on any atom is -0.376 e. The normalized spacial score (nSPS) is 19.9. The summed E-state index contributed by atoms with van der Waals surface area (Å²) in [7, 11) is 0. The second kappa shape index (κ2) is 3.90. The lowest BCUT2D eigenvalue weighted by atomic mass is 10.1. The first-order valence-corrected chi connectivity index (χ1v) is 5.82. The van der Waals surface area contributed by atoms with E-state index in [-0.39, 0.29) is 0 Å². The van der Waals surface area contributed by atoms with Gasteiger partial charge in [0, 0.05) is 25.1 Å². The maximum atomic E-state index is 5.76. The molecule has 1 fully saturated rings. The van der Waals surface area contributed by atoms with Crippen LogP contribution in [0.15, 0.2) is 0 Å². The predicted molar refractivity (Wildman–Crippen MR) is 61.3 cm³/mol. The summed E-state index contributed by atoms with van der Waals surface area (Å²) < 4.78 is 5.49. The van der Waals surface area contributed by atoms with E-state index in [0.717, 1.165) is 43.2 Å². The molecule has 0 unspecified atom stereocenters. The van der Waals surface area contributed by atoms with Gasteiger partial charge in [-0.3, -0.25) is 0 Å². The first-order valence-electron chi connectivity index (χ1n) is 5.82. The monoisotopic (exact) mass is 220 g/mol. The molecule has 16 heavy (non-hydrogen) atoms. The third kappa shape index (κ3) is 1.61. The average molecular weight is 220 g/mol. The summed E-state index contributed by atoms with van der Waals surface area (Å²) in [5.74, 6) is 1.39. The lowest BCUT2D eigenvalue weighted by Gasteiger charge is -2.24. The molecule has 1 aromatic heterocycles. The standard InChI is InChI=1S/C11H16N4O/c12-11-13-9-3-6-16-7-8(9)10(14-11)15-4-1-2-5-15/h1-7H2,(H2,12,13,14). The maximum absolute atomic E-state index is 5.76. The van der Waals surface area contributed by atoms with E-state index in [1.165, 1.54) is 12.8 Å². The van der Waals surface area contributed by atoms with E-state index in [2.05, 4.69) is 14.9 Å². The molecule has 2 aliphatic heterocycles. The van der Waals surface area contributed by atoms with E-state index < -0.39 is 0 Å². The Bertz CT molecular complexity index is 401. The summed E-state index contributed by atoms with van der Waals surface area (Å²) in [4.78, 5) is 11.0. The van der Waals surface area contributed by atoms with Crippen molar-refractivity contribution in [3.05, 3.63) is 11.3 Å². The Morgan fingerprint density at radius 3 is 2.81 bits per heavy atom. The highest BCUT2D eigenvalue weighted by Crippen LogP contribution is 2.28. The Labute approximate surface area is 94.6 Å². The van der Waals surface area contributed by atoms with Gasteiger partial charge in [0.05, 0.1) is 18.9 Å². The second-order valence-electron chi connectivity index (χ2n) is 4.33. The Hall–Kier alpha value is -1.36. The zero-order chi connectivity index (χ0) is 11.0. The van der Waals surface area contributed by atoms with Crippen LogP contribution in [0.1, 0.15) is 24.1 Å². The number of aromatic nitrogens is 2. The topological polar surface area (TPSA) is 64.3 Å². The highest BCUT2D eigenvalue weighted by atomic mass is 16.5. The zero-order valence-corrected chi connectivity index (χ0v) is 9.28. The van der Waals surface area contributed by atoms with Gasteiger partial charge >= 0.3 is 0 Å². The Morgan fingerprint density at radius 2 is 2.00 bits per heavy atom. The van der Waals surface area contributed by atoms with Gasteiger partial charge in [-0.05, 0) is 12.8 Å². The summed E-state index contributed by atoms with van der Waals surface area (Å²) in [6.45, 7) is 3.51. The van der Waals surface area contributed by atoms with Crippen LogP contribution in [0, 0.1) is 0 Å². The van der Waals surface area contributed by atoms with E-state index in [9.17, 15) is 0 Å². The number of nitrogens with zero attached hydrogens (tertiary/aromatic N) is 3. The number of rotatable bonds is 1. The summed E-state index contributed by atoms with van der Waals surface area (Å²) in [5.41, 5.74) is 7.97. The van der Waals surface area contributed by atoms with Crippen molar-refractivity contribution in [3.63, 3.8) is 0 Å². The fraction of sp³-hybridized carbons (Fsp3) is 0.636. The Balaban J connectivity index is 2.04. The molecule has 0 atom stereocenters. The van der Waals surface area contributed by atoms with Gasteiger partial charge in [0.15, 0.2) is 0 Å². The molecule has 86 valence electrons. The second-order valence-corrected chi connectivity index (χ2v) is 4.33. The van der Waals surface area contributed by atoms with Crippen LogP contribution in [0.25, 0.3) is 0 Å². The van der Waals surface area contributed by atoms with Crippen LogP contribution < -0.4 is 10.6 Å². The number of hydrogen-bond donors (Lipinski definition) is 1. The third-order valence-corrected chi connectivity index (χ3v) is 3.22. The average Bonchev–Trinajstić information content (AvgIpc) is 2.81. The fourth-order valence-electron chi connectivity index (χ4n) is 2.42. The van der Waals surface area contributed by atoms with Crippen molar-refractivity contribution in [1.82, 2.24) is 9.97 Å². The van der Waals surface area contributed by atoms with Crippen molar-refractivity contribution in [3.8, 4) is 0 Å². The molecular weight excluding hydrogens is 204 g/mol. The van der Waals surface area contributed by atoms with Crippen molar-refractivity contribution in [2.24, 2.45) is 0 Å². The van der Waals surface area contributed by atoms with Crippen LogP contribution in [-0.2, 0) is 17.8 Å². The number of anilines is 2. The molecule has 0 aliphatic carbocycles. The molecule has 0 aromatic carbocycles. The highest BCUT2D eigenvalue weighted by molar-refractivity contribution is 5.52. The molecule has 1 saturated heterocycles. The summed E-state index contributed by atoms with van der Waals surface area (Å²) >= 11 is 0. The summed E-state index contributed by atoms with van der Waals surface area (Å²) in [5, 5.41) is 0. The van der Waals surface area contributed by atoms with E-state index >= 15 is 0 Å². The molecule has 0 saturated carbocycles. The molecule has 0 bridgehead atoms. The van der Waals surface area contributed by atoms with Crippen molar-refractivity contribution in [2.45, 2.75) is 25.9 Å². The fourth-order valence-corrected chi connectivity index (χ4v) is 2.42. The van der Waals surface area contributed by atoms with Crippen LogP contribution in [-0.4, -0.2) is 29.7 Å². The minimum absolute atomic E-state index is 0.391.